The number of nitrogens with one attached hydrogen (secondary N) is 6. The van der Waals surface area contributed by atoms with Crippen LogP contribution < -0.4 is 21.3 Å². The minimum atomic E-state index is -5.38. The van der Waals surface area contributed by atoms with E-state index in [4.69, 9.17) is 9.97 Å². The lowest BCUT2D eigenvalue weighted by molar-refractivity contribution is -0.167. The van der Waals surface area contributed by atoms with Crippen LogP contribution in [0.4, 0.5) is 75.4 Å². The maximum atomic E-state index is 13.8. The monoisotopic (exact) mass is 1060 g/mol. The van der Waals surface area contributed by atoms with Crippen LogP contribution in [0.25, 0.3) is 90.9 Å². The van der Waals surface area contributed by atoms with E-state index in [-0.39, 0.29) is 89.4 Å². The summed E-state index contributed by atoms with van der Waals surface area (Å²) in [6.07, 6.45) is -16.0. The van der Waals surface area contributed by atoms with Gasteiger partial charge in [0.25, 0.3) is 0 Å². The number of aromatic amines is 2. The number of nitrogens with zero attached hydrogens (tertiary/aromatic N) is 2. The van der Waals surface area contributed by atoms with Crippen LogP contribution >= 0.6 is 0 Å². The zero-order valence-electron chi connectivity index (χ0n) is 37.9. The zero-order chi connectivity index (χ0) is 54.5. The highest BCUT2D eigenvalue weighted by molar-refractivity contribution is 6.08. The molecule has 0 saturated heterocycles. The van der Waals surface area contributed by atoms with Crippen molar-refractivity contribution in [3.05, 3.63) is 144 Å². The topological polar surface area (TPSA) is 174 Å². The van der Waals surface area contributed by atoms with Gasteiger partial charge in [-0.1, -0.05) is 72.8 Å². The number of para-hydroxylation sites is 4. The molecule has 4 amide bonds. The first-order valence-corrected chi connectivity index (χ1v) is 21.9. The van der Waals surface area contributed by atoms with Crippen LogP contribution in [0.1, 0.15) is 22.8 Å². The summed E-state index contributed by atoms with van der Waals surface area (Å²) in [6, 6.07) is 26.5. The first kappa shape index (κ1) is 51.4. The lowest BCUT2D eigenvalue weighted by atomic mass is 10.0. The number of amides is 4. The third-order valence-corrected chi connectivity index (χ3v) is 11.6. The Balaban J connectivity index is 1.47. The van der Waals surface area contributed by atoms with Gasteiger partial charge >= 0.3 is 48.3 Å². The van der Waals surface area contributed by atoms with E-state index in [1.165, 1.54) is 121 Å². The van der Waals surface area contributed by atoms with Crippen LogP contribution in [-0.2, 0) is 19.2 Å². The summed E-state index contributed by atoms with van der Waals surface area (Å²) in [6.45, 7) is 0. The van der Waals surface area contributed by atoms with Crippen molar-refractivity contribution < 1.29 is 71.9 Å². The Bertz CT molecular complexity index is 3300. The average molecular weight is 1060 g/mol. The number of carbonyl (C=O) groups is 4. The smallest absolute Gasteiger partial charge is 0.354 e. The number of aromatic nitrogens is 4. The molecule has 24 heteroatoms. The molecule has 9 rings (SSSR count). The van der Waals surface area contributed by atoms with E-state index in [1.54, 1.807) is 0 Å². The van der Waals surface area contributed by atoms with Crippen molar-refractivity contribution in [1.29, 1.82) is 0 Å². The molecule has 0 radical (unpaired) electrons. The molecule has 12 nitrogen and oxygen atoms in total. The molecule has 7 aromatic rings. The van der Waals surface area contributed by atoms with Gasteiger partial charge in [-0.2, -0.15) is 52.7 Å². The molecule has 0 aliphatic carbocycles. The summed E-state index contributed by atoms with van der Waals surface area (Å²) in [7, 11) is 0. The number of H-pyrrole nitrogens is 2. The number of anilines is 4. The first-order valence-electron chi connectivity index (χ1n) is 21.9. The quantitative estimate of drug-likeness (QED) is 0.0826. The van der Waals surface area contributed by atoms with Gasteiger partial charge in [-0.15, -0.1) is 0 Å². The number of benzene rings is 4. The fourth-order valence-corrected chi connectivity index (χ4v) is 8.35. The van der Waals surface area contributed by atoms with E-state index in [0.717, 1.165) is 24.3 Å². The lowest BCUT2D eigenvalue weighted by Gasteiger charge is -2.15. The van der Waals surface area contributed by atoms with Crippen LogP contribution in [-0.4, -0.2) is 68.3 Å². The molecule has 2 aliphatic heterocycles. The Hall–Kier alpha value is -9.48. The molecule has 3 aromatic heterocycles. The molecular formula is C52H30F12N8O4. The molecule has 0 spiro atoms. The van der Waals surface area contributed by atoms with E-state index >= 15 is 0 Å². The van der Waals surface area contributed by atoms with Crippen molar-refractivity contribution in [3.63, 3.8) is 0 Å². The van der Waals surface area contributed by atoms with Crippen LogP contribution in [0.5, 0.6) is 0 Å². The van der Waals surface area contributed by atoms with Gasteiger partial charge in [-0.05, 0) is 72.8 Å². The molecule has 386 valence electrons. The predicted octanol–water partition coefficient (Wildman–Crippen LogP) is 13.3. The fraction of sp³-hybridized carbons (Fsp3) is 0.0769. The fourth-order valence-electron chi connectivity index (χ4n) is 8.35. The summed E-state index contributed by atoms with van der Waals surface area (Å²) in [5.74, 6) is -9.44. The molecule has 2 aliphatic rings. The third kappa shape index (κ3) is 10.4. The van der Waals surface area contributed by atoms with Gasteiger partial charge in [0.05, 0.1) is 22.8 Å². The van der Waals surface area contributed by atoms with Crippen LogP contribution in [0.2, 0.25) is 0 Å². The molecular weight excluding hydrogens is 1030 g/mol. The van der Waals surface area contributed by atoms with Crippen LogP contribution in [0.3, 0.4) is 0 Å². The average Bonchev–Trinajstić information content (AvgIpc) is 4.23. The summed E-state index contributed by atoms with van der Waals surface area (Å²) in [5.41, 5.74) is -2.28. The minimum Gasteiger partial charge on any atom is -0.354 e. The third-order valence-electron chi connectivity index (χ3n) is 11.6. The standard InChI is InChI=1S/C52H30F12N8O4/c53-49(54,55)45(73)69-29-13-5-1-9-25(29)41-33-17-19-35(65-33)42(26-10-2-6-14-30(26)70-46(74)50(56,57)58)37-21-23-39(67-37)44(28-12-4-8-16-32(28)72-48(76)52(62,63)64)40-24-22-38(68-40)43(36-20-18-34(41)66-36)27-11-3-7-15-31(27)71-47(75)51(59,60)61/h1-24,65,68H,(H,69,73)(H,70,74)(H,71,75)(H,72,76). The van der Waals surface area contributed by atoms with Crippen molar-refractivity contribution in [2.75, 3.05) is 21.3 Å². The van der Waals surface area contributed by atoms with Crippen molar-refractivity contribution >= 4 is 92.7 Å². The van der Waals surface area contributed by atoms with Gasteiger partial charge in [-0.3, -0.25) is 19.2 Å². The number of rotatable bonds is 8. The number of halogens is 12. The number of carbonyl (C=O) groups excluding carboxylic acids is 4. The van der Waals surface area contributed by atoms with Gasteiger partial charge in [0.2, 0.25) is 0 Å². The second kappa shape index (κ2) is 19.4. The Morgan fingerprint density at radius 3 is 0.711 bits per heavy atom. The molecule has 6 N–H and O–H groups in total. The normalized spacial score (nSPS) is 12.6. The molecule has 4 aromatic carbocycles. The van der Waals surface area contributed by atoms with Gasteiger partial charge in [0.1, 0.15) is 0 Å². The SMILES string of the molecule is O=C(Nc1ccccc1-c1c2nc(c(-c3ccccc3NC(=O)C(F)(F)F)c3ccc([nH]3)c(-c3ccccc3NC(=O)C(F)(F)F)c3nc(c(-c4ccccc4NC(=O)C(F)(F)F)c4ccc1[nH]4)C=C3)C=C2)C(F)(F)F. The zero-order valence-corrected chi connectivity index (χ0v) is 37.9. The lowest BCUT2D eigenvalue weighted by Crippen LogP contribution is -2.30. The van der Waals surface area contributed by atoms with Crippen LogP contribution in [0, 0.1) is 0 Å². The molecule has 0 unspecified atom stereocenters. The van der Waals surface area contributed by atoms with Crippen molar-refractivity contribution in [1.82, 2.24) is 19.9 Å². The molecule has 0 atom stereocenters. The summed E-state index contributed by atoms with van der Waals surface area (Å²) >= 11 is 0. The number of hydrogen-bond acceptors (Lipinski definition) is 6. The van der Waals surface area contributed by atoms with Crippen molar-refractivity contribution in [2.24, 2.45) is 0 Å². The minimum absolute atomic E-state index is 0.0182. The molecule has 76 heavy (non-hydrogen) atoms. The Morgan fingerprint density at radius 2 is 0.513 bits per heavy atom. The van der Waals surface area contributed by atoms with Crippen molar-refractivity contribution in [2.45, 2.75) is 24.7 Å². The Morgan fingerprint density at radius 1 is 0.316 bits per heavy atom. The Kier molecular flexibility index (Phi) is 13.1. The number of alkyl halides is 12. The largest absolute Gasteiger partial charge is 0.471 e. The summed E-state index contributed by atoms with van der Waals surface area (Å²) in [5, 5.41) is 7.42. The number of hydrogen-bond donors (Lipinski definition) is 6. The van der Waals surface area contributed by atoms with Gasteiger partial charge in [0.15, 0.2) is 0 Å². The second-order valence-corrected chi connectivity index (χ2v) is 16.5. The van der Waals surface area contributed by atoms with E-state index in [1.807, 2.05) is 21.3 Å². The molecule has 5 heterocycles. The van der Waals surface area contributed by atoms with Gasteiger partial charge < -0.3 is 31.2 Å². The van der Waals surface area contributed by atoms with E-state index in [9.17, 15) is 71.9 Å². The highest BCUT2D eigenvalue weighted by Gasteiger charge is 2.42. The Labute approximate surface area is 418 Å². The summed E-state index contributed by atoms with van der Waals surface area (Å²) in [4.78, 5) is 65.9. The highest BCUT2D eigenvalue weighted by Crippen LogP contribution is 2.44. The maximum absolute atomic E-state index is 13.8. The van der Waals surface area contributed by atoms with Crippen LogP contribution in [0.15, 0.2) is 121 Å². The summed E-state index contributed by atoms with van der Waals surface area (Å²) < 4.78 is 166. The molecule has 0 fully saturated rings. The molecule has 0 saturated carbocycles. The second-order valence-electron chi connectivity index (χ2n) is 16.5. The van der Waals surface area contributed by atoms with E-state index in [0.29, 0.717) is 0 Å². The first-order chi connectivity index (χ1) is 35.9. The van der Waals surface area contributed by atoms with E-state index < -0.39 is 71.1 Å². The van der Waals surface area contributed by atoms with Crippen molar-refractivity contribution in [3.8, 4) is 44.5 Å². The highest BCUT2D eigenvalue weighted by atomic mass is 19.4. The molecule has 8 bridgehead atoms. The van der Waals surface area contributed by atoms with Gasteiger partial charge in [-0.25, -0.2) is 9.97 Å². The van der Waals surface area contributed by atoms with E-state index in [2.05, 4.69) is 9.97 Å². The predicted molar refractivity (Wildman–Crippen MR) is 259 cm³/mol. The maximum Gasteiger partial charge on any atom is 0.471 e. The van der Waals surface area contributed by atoms with Gasteiger partial charge in [0, 0.05) is 89.3 Å². The number of fused-ring (bicyclic) bond motifs is 8.